The van der Waals surface area contributed by atoms with Crippen molar-refractivity contribution >= 4 is 29.4 Å². The number of methoxy groups -OCH3 is 1. The van der Waals surface area contributed by atoms with E-state index in [9.17, 15) is 19.2 Å². The summed E-state index contributed by atoms with van der Waals surface area (Å²) in [7, 11) is 1.28. The fourth-order valence-corrected chi connectivity index (χ4v) is 4.38. The number of benzene rings is 3. The second-order valence-electron chi connectivity index (χ2n) is 8.49. The number of rotatable bonds is 6. The number of carbonyl (C=O) groups is 4. The highest BCUT2D eigenvalue weighted by atomic mass is 16.5. The van der Waals surface area contributed by atoms with E-state index in [2.05, 4.69) is 0 Å². The minimum absolute atomic E-state index is 0.133. The Kier molecular flexibility index (Phi) is 6.78. The van der Waals surface area contributed by atoms with Gasteiger partial charge in [0.25, 0.3) is 11.8 Å². The number of esters is 1. The van der Waals surface area contributed by atoms with Crippen molar-refractivity contribution in [3.63, 3.8) is 0 Å². The molecule has 7 heteroatoms. The molecule has 3 aromatic carbocycles. The predicted octanol–water partition coefficient (Wildman–Crippen LogP) is 4.32. The third-order valence-electron chi connectivity index (χ3n) is 6.20. The lowest BCUT2D eigenvalue weighted by Gasteiger charge is -2.33. The van der Waals surface area contributed by atoms with E-state index in [4.69, 9.17) is 4.74 Å². The molecule has 1 heterocycles. The second kappa shape index (κ2) is 9.93. The third-order valence-corrected chi connectivity index (χ3v) is 6.20. The Balaban J connectivity index is 1.70. The summed E-state index contributed by atoms with van der Waals surface area (Å²) in [6.07, 6.45) is -0.133. The van der Waals surface area contributed by atoms with Crippen LogP contribution < -0.4 is 4.90 Å². The molecule has 0 aromatic heterocycles. The molecule has 0 saturated carbocycles. The van der Waals surface area contributed by atoms with Crippen molar-refractivity contribution in [2.24, 2.45) is 0 Å². The number of imide groups is 1. The zero-order chi connectivity index (χ0) is 25.1. The minimum atomic E-state index is -0.967. The number of amides is 3. The van der Waals surface area contributed by atoms with Crippen molar-refractivity contribution in [1.29, 1.82) is 0 Å². The van der Waals surface area contributed by atoms with Gasteiger partial charge in [-0.25, -0.2) is 9.69 Å². The molecular formula is C28H26N2O5. The topological polar surface area (TPSA) is 84.0 Å². The summed E-state index contributed by atoms with van der Waals surface area (Å²) in [5, 5.41) is 0. The quantitative estimate of drug-likeness (QED) is 0.396. The molecule has 178 valence electrons. The van der Waals surface area contributed by atoms with E-state index in [0.717, 1.165) is 16.0 Å². The van der Waals surface area contributed by atoms with Crippen LogP contribution in [0, 0.1) is 6.92 Å². The van der Waals surface area contributed by atoms with Gasteiger partial charge >= 0.3 is 5.97 Å². The Bertz CT molecular complexity index is 1270. The van der Waals surface area contributed by atoms with Crippen molar-refractivity contribution < 1.29 is 23.9 Å². The monoisotopic (exact) mass is 470 g/mol. The number of ether oxygens (including phenoxy) is 1. The van der Waals surface area contributed by atoms with E-state index < -0.39 is 29.9 Å². The lowest BCUT2D eigenvalue weighted by atomic mass is 10.0. The third kappa shape index (κ3) is 4.71. The lowest BCUT2D eigenvalue weighted by Crippen LogP contribution is -2.46. The SMILES string of the molecule is COC(=O)c1ccc(N2C(=O)CC(N(C(=O)c3cccc(C)c3)C(C)c3ccccc3)C2=O)cc1. The molecule has 3 aromatic rings. The number of carbonyl (C=O) groups excluding carboxylic acids is 4. The minimum Gasteiger partial charge on any atom is -0.465 e. The number of hydrogen-bond acceptors (Lipinski definition) is 5. The van der Waals surface area contributed by atoms with Gasteiger partial charge in [-0.15, -0.1) is 0 Å². The molecule has 4 rings (SSSR count). The summed E-state index contributed by atoms with van der Waals surface area (Å²) in [5.74, 6) is -1.73. The molecule has 2 unspecified atom stereocenters. The van der Waals surface area contributed by atoms with Crippen molar-refractivity contribution in [2.75, 3.05) is 12.0 Å². The Morgan fingerprint density at radius 2 is 1.63 bits per heavy atom. The van der Waals surface area contributed by atoms with Gasteiger partial charge in [0.15, 0.2) is 0 Å². The average molecular weight is 471 g/mol. The first kappa shape index (κ1) is 23.9. The van der Waals surface area contributed by atoms with Gasteiger partial charge in [-0.3, -0.25) is 14.4 Å². The zero-order valence-corrected chi connectivity index (χ0v) is 19.8. The molecule has 2 atom stereocenters. The van der Waals surface area contributed by atoms with Crippen LogP contribution in [0.4, 0.5) is 5.69 Å². The van der Waals surface area contributed by atoms with E-state index >= 15 is 0 Å². The largest absolute Gasteiger partial charge is 0.465 e. The van der Waals surface area contributed by atoms with Crippen LogP contribution in [0.5, 0.6) is 0 Å². The van der Waals surface area contributed by atoms with Gasteiger partial charge < -0.3 is 9.64 Å². The molecule has 0 N–H and O–H groups in total. The van der Waals surface area contributed by atoms with Crippen LogP contribution in [0.25, 0.3) is 0 Å². The number of anilines is 1. The number of nitrogens with zero attached hydrogens (tertiary/aromatic N) is 2. The highest BCUT2D eigenvalue weighted by Crippen LogP contribution is 2.32. The molecule has 0 aliphatic carbocycles. The molecule has 1 aliphatic rings. The van der Waals surface area contributed by atoms with Gasteiger partial charge in [0.2, 0.25) is 5.91 Å². The molecule has 7 nitrogen and oxygen atoms in total. The van der Waals surface area contributed by atoms with Crippen LogP contribution in [-0.2, 0) is 14.3 Å². The van der Waals surface area contributed by atoms with E-state index in [0.29, 0.717) is 16.8 Å². The van der Waals surface area contributed by atoms with Crippen LogP contribution >= 0.6 is 0 Å². The summed E-state index contributed by atoms with van der Waals surface area (Å²) in [5.41, 5.74) is 2.87. The van der Waals surface area contributed by atoms with Gasteiger partial charge in [0, 0.05) is 5.56 Å². The first-order valence-corrected chi connectivity index (χ1v) is 11.3. The normalized spacial score (nSPS) is 16.2. The molecule has 0 radical (unpaired) electrons. The van der Waals surface area contributed by atoms with Gasteiger partial charge in [-0.1, -0.05) is 48.0 Å². The van der Waals surface area contributed by atoms with Crippen molar-refractivity contribution in [2.45, 2.75) is 32.4 Å². The molecular weight excluding hydrogens is 444 g/mol. The van der Waals surface area contributed by atoms with E-state index in [1.807, 2.05) is 50.2 Å². The molecule has 1 fully saturated rings. The molecule has 3 amide bonds. The van der Waals surface area contributed by atoms with Gasteiger partial charge in [0.1, 0.15) is 6.04 Å². The highest BCUT2D eigenvalue weighted by Gasteiger charge is 2.46. The average Bonchev–Trinajstić information content (AvgIpc) is 3.17. The summed E-state index contributed by atoms with van der Waals surface area (Å²) >= 11 is 0. The smallest absolute Gasteiger partial charge is 0.337 e. The molecule has 35 heavy (non-hydrogen) atoms. The maximum Gasteiger partial charge on any atom is 0.337 e. The Morgan fingerprint density at radius 1 is 0.943 bits per heavy atom. The summed E-state index contributed by atoms with van der Waals surface area (Å²) in [6, 6.07) is 21.2. The van der Waals surface area contributed by atoms with Gasteiger partial charge in [-0.05, 0) is 55.8 Å². The lowest BCUT2D eigenvalue weighted by molar-refractivity contribution is -0.122. The van der Waals surface area contributed by atoms with E-state index in [1.54, 1.807) is 18.2 Å². The standard InChI is InChI=1S/C28H26N2O5/c1-18-8-7-11-22(16-18)26(32)29(19(2)20-9-5-4-6-10-20)24-17-25(31)30(27(24)33)23-14-12-21(13-15-23)28(34)35-3/h4-16,19,24H,17H2,1-3H3. The zero-order valence-electron chi connectivity index (χ0n) is 19.8. The molecule has 0 spiro atoms. The van der Waals surface area contributed by atoms with Crippen molar-refractivity contribution in [1.82, 2.24) is 4.90 Å². The Morgan fingerprint density at radius 3 is 2.26 bits per heavy atom. The Labute approximate surface area is 203 Å². The fourth-order valence-electron chi connectivity index (χ4n) is 4.38. The maximum atomic E-state index is 13.7. The highest BCUT2D eigenvalue weighted by molar-refractivity contribution is 6.23. The van der Waals surface area contributed by atoms with Crippen molar-refractivity contribution in [3.05, 3.63) is 101 Å². The van der Waals surface area contributed by atoms with Gasteiger partial charge in [0.05, 0.1) is 30.8 Å². The summed E-state index contributed by atoms with van der Waals surface area (Å²) in [4.78, 5) is 54.7. The molecule has 1 saturated heterocycles. The number of aryl methyl sites for hydroxylation is 1. The summed E-state index contributed by atoms with van der Waals surface area (Å²) in [6.45, 7) is 3.75. The molecule has 0 bridgehead atoms. The number of hydrogen-bond donors (Lipinski definition) is 0. The second-order valence-corrected chi connectivity index (χ2v) is 8.49. The van der Waals surface area contributed by atoms with Crippen LogP contribution in [-0.4, -0.2) is 41.7 Å². The molecule has 1 aliphatic heterocycles. The van der Waals surface area contributed by atoms with Gasteiger partial charge in [-0.2, -0.15) is 0 Å². The Hall–Kier alpha value is -4.26. The first-order chi connectivity index (χ1) is 16.8. The summed E-state index contributed by atoms with van der Waals surface area (Å²) < 4.78 is 4.71. The van der Waals surface area contributed by atoms with Crippen LogP contribution in [0.2, 0.25) is 0 Å². The van der Waals surface area contributed by atoms with Crippen LogP contribution in [0.1, 0.15) is 51.2 Å². The maximum absolute atomic E-state index is 13.7. The van der Waals surface area contributed by atoms with Crippen LogP contribution in [0.15, 0.2) is 78.9 Å². The van der Waals surface area contributed by atoms with Crippen molar-refractivity contribution in [3.8, 4) is 0 Å². The predicted molar refractivity (Wildman–Crippen MR) is 131 cm³/mol. The van der Waals surface area contributed by atoms with Crippen LogP contribution in [0.3, 0.4) is 0 Å². The van der Waals surface area contributed by atoms with E-state index in [-0.39, 0.29) is 12.3 Å². The first-order valence-electron chi connectivity index (χ1n) is 11.3. The fraction of sp³-hybridized carbons (Fsp3) is 0.214. The van der Waals surface area contributed by atoms with E-state index in [1.165, 1.54) is 36.3 Å².